The van der Waals surface area contributed by atoms with E-state index in [4.69, 9.17) is 0 Å². The molecule has 0 radical (unpaired) electrons. The largest absolute Gasteiger partial charge is 0.368 e. The summed E-state index contributed by atoms with van der Waals surface area (Å²) < 4.78 is 27.5. The van der Waals surface area contributed by atoms with Crippen LogP contribution in [-0.4, -0.2) is 18.1 Å². The molecule has 2 aromatic rings. The number of thiophene rings is 1. The smallest absolute Gasteiger partial charge is 0.168 e. The minimum absolute atomic E-state index is 0.0912. The van der Waals surface area contributed by atoms with Gasteiger partial charge in [0.05, 0.1) is 6.54 Å². The summed E-state index contributed by atoms with van der Waals surface area (Å²) >= 11 is 1.60. The Kier molecular flexibility index (Phi) is 4.89. The van der Waals surface area contributed by atoms with Crippen LogP contribution in [0.4, 0.5) is 20.4 Å². The zero-order chi connectivity index (χ0) is 14.5. The van der Waals surface area contributed by atoms with Crippen molar-refractivity contribution in [3.05, 3.63) is 40.1 Å². The molecule has 6 heteroatoms. The van der Waals surface area contributed by atoms with E-state index in [2.05, 4.69) is 10.3 Å². The van der Waals surface area contributed by atoms with Gasteiger partial charge in [0, 0.05) is 24.0 Å². The van der Waals surface area contributed by atoms with E-state index in [1.165, 1.54) is 0 Å². The molecule has 0 saturated carbocycles. The van der Waals surface area contributed by atoms with Gasteiger partial charge in [0.25, 0.3) is 0 Å². The zero-order valence-electron chi connectivity index (χ0n) is 11.5. The molecule has 0 spiro atoms. The van der Waals surface area contributed by atoms with Crippen LogP contribution in [0.3, 0.4) is 0 Å². The number of aromatic nitrogens is 1. The third-order valence-corrected chi connectivity index (χ3v) is 3.72. The first-order valence-electron chi connectivity index (χ1n) is 6.53. The number of nitrogens with zero attached hydrogens (tertiary/aromatic N) is 2. The minimum Gasteiger partial charge on any atom is -0.368 e. The van der Waals surface area contributed by atoms with Crippen LogP contribution in [0.1, 0.15) is 18.7 Å². The molecule has 0 aliphatic heterocycles. The molecule has 0 fully saturated rings. The quantitative estimate of drug-likeness (QED) is 0.877. The van der Waals surface area contributed by atoms with Crippen LogP contribution < -0.4 is 10.2 Å². The Balaban J connectivity index is 2.30. The standard InChI is InChI=1S/C14H17F2N3S/c1-3-17-13-11(15)8-12(16)14(18-13)19(4-2)9-10-6-5-7-20-10/h5-8H,3-4,9H2,1-2H3,(H,17,18). The van der Waals surface area contributed by atoms with Crippen LogP contribution in [-0.2, 0) is 6.54 Å². The van der Waals surface area contributed by atoms with Gasteiger partial charge in [-0.3, -0.25) is 0 Å². The van der Waals surface area contributed by atoms with Crippen LogP contribution in [0.15, 0.2) is 23.6 Å². The van der Waals surface area contributed by atoms with Crippen molar-refractivity contribution in [3.63, 3.8) is 0 Å². The van der Waals surface area contributed by atoms with E-state index in [9.17, 15) is 8.78 Å². The molecule has 2 aromatic heterocycles. The summed E-state index contributed by atoms with van der Waals surface area (Å²) in [6, 6.07) is 4.82. The molecule has 0 aliphatic rings. The Morgan fingerprint density at radius 1 is 1.30 bits per heavy atom. The highest BCUT2D eigenvalue weighted by Gasteiger charge is 2.17. The normalized spacial score (nSPS) is 10.6. The van der Waals surface area contributed by atoms with Gasteiger partial charge in [-0.05, 0) is 25.3 Å². The van der Waals surface area contributed by atoms with Crippen molar-refractivity contribution in [2.75, 3.05) is 23.3 Å². The number of pyridine rings is 1. The molecule has 0 bridgehead atoms. The topological polar surface area (TPSA) is 28.2 Å². The lowest BCUT2D eigenvalue weighted by Crippen LogP contribution is -2.24. The van der Waals surface area contributed by atoms with Crippen LogP contribution in [0.2, 0.25) is 0 Å². The maximum Gasteiger partial charge on any atom is 0.168 e. The van der Waals surface area contributed by atoms with Gasteiger partial charge >= 0.3 is 0 Å². The van der Waals surface area contributed by atoms with Gasteiger partial charge in [0.1, 0.15) is 0 Å². The van der Waals surface area contributed by atoms with Crippen molar-refractivity contribution in [2.45, 2.75) is 20.4 Å². The van der Waals surface area contributed by atoms with Gasteiger partial charge in [-0.15, -0.1) is 11.3 Å². The lowest BCUT2D eigenvalue weighted by molar-refractivity contribution is 0.570. The summed E-state index contributed by atoms with van der Waals surface area (Å²) in [6.07, 6.45) is 0. The molecule has 3 nitrogen and oxygen atoms in total. The van der Waals surface area contributed by atoms with Gasteiger partial charge in [0.15, 0.2) is 23.3 Å². The van der Waals surface area contributed by atoms with E-state index in [1.54, 1.807) is 16.2 Å². The number of nitrogens with one attached hydrogen (secondary N) is 1. The highest BCUT2D eigenvalue weighted by atomic mass is 32.1. The van der Waals surface area contributed by atoms with Gasteiger partial charge in [-0.1, -0.05) is 6.07 Å². The van der Waals surface area contributed by atoms with Crippen LogP contribution in [0, 0.1) is 11.6 Å². The van der Waals surface area contributed by atoms with Crippen LogP contribution in [0.25, 0.3) is 0 Å². The second kappa shape index (κ2) is 6.65. The summed E-state index contributed by atoms with van der Waals surface area (Å²) in [6.45, 7) is 5.46. The second-order valence-electron chi connectivity index (χ2n) is 4.25. The predicted octanol–water partition coefficient (Wildman–Crippen LogP) is 3.88. The van der Waals surface area contributed by atoms with Gasteiger partial charge in [-0.25, -0.2) is 13.8 Å². The fraction of sp³-hybridized carbons (Fsp3) is 0.357. The van der Waals surface area contributed by atoms with E-state index in [0.29, 0.717) is 19.6 Å². The molecule has 0 atom stereocenters. The highest BCUT2D eigenvalue weighted by molar-refractivity contribution is 7.09. The molecule has 1 N–H and O–H groups in total. The van der Waals surface area contributed by atoms with E-state index in [-0.39, 0.29) is 11.6 Å². The predicted molar refractivity (Wildman–Crippen MR) is 79.4 cm³/mol. The van der Waals surface area contributed by atoms with Crippen LogP contribution >= 0.6 is 11.3 Å². The zero-order valence-corrected chi connectivity index (χ0v) is 12.3. The van der Waals surface area contributed by atoms with Gasteiger partial charge in [-0.2, -0.15) is 0 Å². The summed E-state index contributed by atoms with van der Waals surface area (Å²) in [4.78, 5) is 6.99. The Morgan fingerprint density at radius 3 is 2.70 bits per heavy atom. The number of rotatable bonds is 6. The monoisotopic (exact) mass is 297 g/mol. The Labute approximate surface area is 121 Å². The number of anilines is 2. The lowest BCUT2D eigenvalue weighted by Gasteiger charge is -2.22. The number of halogens is 2. The third-order valence-electron chi connectivity index (χ3n) is 2.86. The van der Waals surface area contributed by atoms with Gasteiger partial charge < -0.3 is 10.2 Å². The SMILES string of the molecule is CCNc1nc(N(CC)Cc2cccs2)c(F)cc1F. The molecule has 0 amide bonds. The van der Waals surface area contributed by atoms with Crippen molar-refractivity contribution in [1.29, 1.82) is 0 Å². The second-order valence-corrected chi connectivity index (χ2v) is 5.28. The van der Waals surface area contributed by atoms with Crippen molar-refractivity contribution in [2.24, 2.45) is 0 Å². The molecule has 0 saturated heterocycles. The third kappa shape index (κ3) is 3.25. The number of hydrogen-bond acceptors (Lipinski definition) is 4. The fourth-order valence-electron chi connectivity index (χ4n) is 1.90. The molecule has 2 heterocycles. The Hall–Kier alpha value is -1.69. The van der Waals surface area contributed by atoms with E-state index >= 15 is 0 Å². The molecule has 0 unspecified atom stereocenters. The molecular formula is C14H17F2N3S. The molecule has 20 heavy (non-hydrogen) atoms. The number of hydrogen-bond donors (Lipinski definition) is 1. The highest BCUT2D eigenvalue weighted by Crippen LogP contribution is 2.24. The van der Waals surface area contributed by atoms with Crippen LogP contribution in [0.5, 0.6) is 0 Å². The summed E-state index contributed by atoms with van der Waals surface area (Å²) in [7, 11) is 0. The van der Waals surface area contributed by atoms with Crippen molar-refractivity contribution < 1.29 is 8.78 Å². The van der Waals surface area contributed by atoms with Crippen molar-refractivity contribution >= 4 is 23.0 Å². The average molecular weight is 297 g/mol. The van der Waals surface area contributed by atoms with Crippen molar-refractivity contribution in [1.82, 2.24) is 4.98 Å². The minimum atomic E-state index is -0.666. The molecular weight excluding hydrogens is 280 g/mol. The molecule has 0 aliphatic carbocycles. The van der Waals surface area contributed by atoms with E-state index in [1.807, 2.05) is 31.4 Å². The molecule has 0 aromatic carbocycles. The lowest BCUT2D eigenvalue weighted by atomic mass is 10.3. The first-order chi connectivity index (χ1) is 9.65. The first kappa shape index (κ1) is 14.7. The molecule has 108 valence electrons. The Bertz CT molecular complexity index is 558. The van der Waals surface area contributed by atoms with Gasteiger partial charge in [0.2, 0.25) is 0 Å². The van der Waals surface area contributed by atoms with E-state index in [0.717, 1.165) is 10.9 Å². The fourth-order valence-corrected chi connectivity index (χ4v) is 2.62. The Morgan fingerprint density at radius 2 is 2.10 bits per heavy atom. The summed E-state index contributed by atoms with van der Waals surface area (Å²) in [5.41, 5.74) is 0. The van der Waals surface area contributed by atoms with E-state index < -0.39 is 11.6 Å². The maximum absolute atomic E-state index is 14.0. The first-order valence-corrected chi connectivity index (χ1v) is 7.40. The molecule has 2 rings (SSSR count). The summed E-state index contributed by atoms with van der Waals surface area (Å²) in [5.74, 6) is -1.03. The summed E-state index contributed by atoms with van der Waals surface area (Å²) in [5, 5.41) is 4.78. The average Bonchev–Trinajstić information content (AvgIpc) is 2.92. The maximum atomic E-state index is 14.0. The van der Waals surface area contributed by atoms with Crippen molar-refractivity contribution in [3.8, 4) is 0 Å².